The molecule has 4 nitrogen and oxygen atoms in total. The first-order valence-corrected chi connectivity index (χ1v) is 7.97. The molecule has 0 aliphatic rings. The Hall–Kier alpha value is -3.21. The van der Waals surface area contributed by atoms with Crippen LogP contribution in [0.1, 0.15) is 12.5 Å². The second-order valence-electron chi connectivity index (χ2n) is 5.65. The molecular weight excluding hydrogens is 317 g/mol. The summed E-state index contributed by atoms with van der Waals surface area (Å²) in [5, 5.41) is 9.14. The fourth-order valence-corrected chi connectivity index (χ4v) is 2.49. The zero-order chi connectivity index (χ0) is 17.6. The van der Waals surface area contributed by atoms with Crippen molar-refractivity contribution in [2.24, 2.45) is 5.10 Å². The van der Waals surface area contributed by atoms with Crippen LogP contribution in [-0.2, 0) is 4.79 Å². The summed E-state index contributed by atoms with van der Waals surface area (Å²) in [7, 11) is 0. The standard InChI is InChI=1S/C20H18FN3O/c1-14(20(25)24-22-13-16-8-3-5-11-18(16)21)23-19-12-6-9-15-7-2-4-10-17(15)19/h2-14,23H,1H3,(H,24,25)/b22-13-/t14-/m0/s1. The van der Waals surface area contributed by atoms with Gasteiger partial charge in [0.05, 0.1) is 6.21 Å². The lowest BCUT2D eigenvalue weighted by atomic mass is 10.1. The van der Waals surface area contributed by atoms with Gasteiger partial charge in [-0.1, -0.05) is 54.6 Å². The van der Waals surface area contributed by atoms with Gasteiger partial charge in [0.15, 0.2) is 0 Å². The maximum absolute atomic E-state index is 13.5. The minimum absolute atomic E-state index is 0.305. The number of hydrogen-bond acceptors (Lipinski definition) is 3. The number of hydrogen-bond donors (Lipinski definition) is 2. The van der Waals surface area contributed by atoms with Crippen molar-refractivity contribution in [1.82, 2.24) is 5.43 Å². The number of carbonyl (C=O) groups excluding carboxylic acids is 1. The first kappa shape index (κ1) is 16.6. The van der Waals surface area contributed by atoms with Crippen LogP contribution < -0.4 is 10.7 Å². The SMILES string of the molecule is C[C@H](Nc1cccc2ccccc12)C(=O)N/N=C\c1ccccc1F. The summed E-state index contributed by atoms with van der Waals surface area (Å²) in [6.07, 6.45) is 1.29. The van der Waals surface area contributed by atoms with Crippen LogP contribution in [-0.4, -0.2) is 18.2 Å². The Labute approximate surface area is 145 Å². The smallest absolute Gasteiger partial charge is 0.262 e. The van der Waals surface area contributed by atoms with E-state index in [-0.39, 0.29) is 11.7 Å². The molecule has 126 valence electrons. The van der Waals surface area contributed by atoms with Crippen LogP contribution in [0.3, 0.4) is 0 Å². The molecule has 3 aromatic carbocycles. The lowest BCUT2D eigenvalue weighted by Crippen LogP contribution is -2.35. The molecule has 1 atom stereocenters. The van der Waals surface area contributed by atoms with E-state index >= 15 is 0 Å². The number of halogens is 1. The zero-order valence-electron chi connectivity index (χ0n) is 13.7. The monoisotopic (exact) mass is 335 g/mol. The van der Waals surface area contributed by atoms with E-state index in [0.29, 0.717) is 5.56 Å². The Balaban J connectivity index is 1.65. The van der Waals surface area contributed by atoms with Gasteiger partial charge in [0.2, 0.25) is 0 Å². The second kappa shape index (κ2) is 7.57. The number of anilines is 1. The average molecular weight is 335 g/mol. The van der Waals surface area contributed by atoms with Crippen molar-refractivity contribution in [3.63, 3.8) is 0 Å². The van der Waals surface area contributed by atoms with E-state index in [2.05, 4.69) is 15.8 Å². The summed E-state index contributed by atoms with van der Waals surface area (Å²) >= 11 is 0. The highest BCUT2D eigenvalue weighted by atomic mass is 19.1. The van der Waals surface area contributed by atoms with Crippen LogP contribution in [0.4, 0.5) is 10.1 Å². The van der Waals surface area contributed by atoms with Gasteiger partial charge in [-0.3, -0.25) is 4.79 Å². The van der Waals surface area contributed by atoms with Crippen LogP contribution in [0, 0.1) is 5.82 Å². The van der Waals surface area contributed by atoms with Crippen molar-refractivity contribution >= 4 is 28.6 Å². The highest BCUT2D eigenvalue weighted by molar-refractivity contribution is 5.96. The number of carbonyl (C=O) groups is 1. The van der Waals surface area contributed by atoms with E-state index in [4.69, 9.17) is 0 Å². The molecule has 0 aliphatic heterocycles. The number of nitrogens with one attached hydrogen (secondary N) is 2. The molecule has 3 aromatic rings. The van der Waals surface area contributed by atoms with Crippen molar-refractivity contribution in [3.8, 4) is 0 Å². The molecule has 0 fully saturated rings. The van der Waals surface area contributed by atoms with Gasteiger partial charge in [-0.25, -0.2) is 9.82 Å². The van der Waals surface area contributed by atoms with Gasteiger partial charge in [0, 0.05) is 16.6 Å². The van der Waals surface area contributed by atoms with Crippen molar-refractivity contribution in [1.29, 1.82) is 0 Å². The predicted octanol–water partition coefficient (Wildman–Crippen LogP) is 3.93. The molecular formula is C20H18FN3O. The maximum atomic E-state index is 13.5. The second-order valence-corrected chi connectivity index (χ2v) is 5.65. The molecule has 25 heavy (non-hydrogen) atoms. The summed E-state index contributed by atoms with van der Waals surface area (Å²) in [6.45, 7) is 1.75. The molecule has 0 unspecified atom stereocenters. The zero-order valence-corrected chi connectivity index (χ0v) is 13.7. The molecule has 0 aliphatic carbocycles. The predicted molar refractivity (Wildman–Crippen MR) is 99.2 cm³/mol. The third-order valence-electron chi connectivity index (χ3n) is 3.84. The van der Waals surface area contributed by atoms with Crippen molar-refractivity contribution < 1.29 is 9.18 Å². The summed E-state index contributed by atoms with van der Waals surface area (Å²) < 4.78 is 13.5. The van der Waals surface area contributed by atoms with E-state index in [1.807, 2.05) is 42.5 Å². The summed E-state index contributed by atoms with van der Waals surface area (Å²) in [5.74, 6) is -0.692. The first-order valence-electron chi connectivity index (χ1n) is 7.97. The molecule has 3 rings (SSSR count). The third kappa shape index (κ3) is 4.01. The van der Waals surface area contributed by atoms with Crippen LogP contribution in [0.2, 0.25) is 0 Å². The number of hydrazone groups is 1. The van der Waals surface area contributed by atoms with Gasteiger partial charge in [0.25, 0.3) is 5.91 Å². The number of amides is 1. The van der Waals surface area contributed by atoms with Crippen molar-refractivity contribution in [2.45, 2.75) is 13.0 Å². The molecule has 0 bridgehead atoms. The third-order valence-corrected chi connectivity index (χ3v) is 3.84. The van der Waals surface area contributed by atoms with Gasteiger partial charge in [-0.05, 0) is 24.4 Å². The molecule has 0 radical (unpaired) electrons. The minimum atomic E-state index is -0.497. The van der Waals surface area contributed by atoms with Crippen molar-refractivity contribution in [2.75, 3.05) is 5.32 Å². The maximum Gasteiger partial charge on any atom is 0.262 e. The van der Waals surface area contributed by atoms with Crippen molar-refractivity contribution in [3.05, 3.63) is 78.1 Å². The van der Waals surface area contributed by atoms with Gasteiger partial charge < -0.3 is 5.32 Å². The van der Waals surface area contributed by atoms with E-state index in [1.54, 1.807) is 25.1 Å². The van der Waals surface area contributed by atoms with Gasteiger partial charge in [-0.15, -0.1) is 0 Å². The van der Waals surface area contributed by atoms with Crippen LogP contribution >= 0.6 is 0 Å². The molecule has 2 N–H and O–H groups in total. The fraction of sp³-hybridized carbons (Fsp3) is 0.100. The largest absolute Gasteiger partial charge is 0.373 e. The molecule has 0 aromatic heterocycles. The molecule has 0 spiro atoms. The average Bonchev–Trinajstić information content (AvgIpc) is 2.63. The van der Waals surface area contributed by atoms with Crippen LogP contribution in [0.25, 0.3) is 10.8 Å². The Morgan fingerprint density at radius 1 is 1.04 bits per heavy atom. The summed E-state index contributed by atoms with van der Waals surface area (Å²) in [6, 6.07) is 19.6. The fourth-order valence-electron chi connectivity index (χ4n) is 2.49. The first-order chi connectivity index (χ1) is 12.1. The van der Waals surface area contributed by atoms with Gasteiger partial charge in [-0.2, -0.15) is 5.10 Å². The minimum Gasteiger partial charge on any atom is -0.373 e. The van der Waals surface area contributed by atoms with Crippen LogP contribution in [0.15, 0.2) is 71.8 Å². The lowest BCUT2D eigenvalue weighted by Gasteiger charge is -2.15. The number of benzene rings is 3. The van der Waals surface area contributed by atoms with E-state index in [0.717, 1.165) is 16.5 Å². The molecule has 0 saturated carbocycles. The number of nitrogens with zero attached hydrogens (tertiary/aromatic N) is 1. The van der Waals surface area contributed by atoms with E-state index < -0.39 is 6.04 Å². The quantitative estimate of drug-likeness (QED) is 0.548. The molecule has 0 saturated heterocycles. The van der Waals surface area contributed by atoms with Crippen LogP contribution in [0.5, 0.6) is 0 Å². The Bertz CT molecular complexity index is 918. The summed E-state index contributed by atoms with van der Waals surface area (Å²) in [4.78, 5) is 12.2. The normalized spacial score (nSPS) is 12.2. The Kier molecular flexibility index (Phi) is 5.04. The lowest BCUT2D eigenvalue weighted by molar-refractivity contribution is -0.121. The highest BCUT2D eigenvalue weighted by Crippen LogP contribution is 2.23. The summed E-state index contributed by atoms with van der Waals surface area (Å²) in [5.41, 5.74) is 3.62. The van der Waals surface area contributed by atoms with E-state index in [1.165, 1.54) is 12.3 Å². The highest BCUT2D eigenvalue weighted by Gasteiger charge is 2.13. The Morgan fingerprint density at radius 2 is 1.76 bits per heavy atom. The van der Waals surface area contributed by atoms with Gasteiger partial charge >= 0.3 is 0 Å². The number of rotatable bonds is 5. The Morgan fingerprint density at radius 3 is 2.60 bits per heavy atom. The number of fused-ring (bicyclic) bond motifs is 1. The topological polar surface area (TPSA) is 53.5 Å². The molecule has 1 amide bonds. The molecule has 5 heteroatoms. The molecule has 0 heterocycles. The van der Waals surface area contributed by atoms with Gasteiger partial charge in [0.1, 0.15) is 11.9 Å². The van der Waals surface area contributed by atoms with E-state index in [9.17, 15) is 9.18 Å².